The fraction of sp³-hybridized carbons (Fsp3) is 0.385. The van der Waals surface area contributed by atoms with Crippen LogP contribution in [0.5, 0.6) is 5.75 Å². The number of halogens is 5. The molecular formula is C13H15Br2Cl3N4O2S. The molecule has 140 valence electrons. The number of rotatable bonds is 4. The normalized spacial score (nSPS) is 12.2. The molecule has 6 nitrogen and oxygen atoms in total. The molecule has 0 saturated carbocycles. The SMILES string of the molecule is COc1cc(Br)c(NC(=S)N[C@@H](NC(=O)N(C)C)C(Cl)(Cl)Cl)c(Br)c1. The van der Waals surface area contributed by atoms with E-state index in [4.69, 9.17) is 51.8 Å². The fourth-order valence-electron chi connectivity index (χ4n) is 1.52. The summed E-state index contributed by atoms with van der Waals surface area (Å²) < 4.78 is 4.74. The standard InChI is InChI=1S/C13H15Br2Cl3N4O2S/c1-22(2)12(23)21-10(13(16,17)18)20-11(25)19-9-7(14)4-6(24-3)5-8(9)15/h4-5,10H,1-3H3,(H,21,23)(H2,19,20,25)/t10-/m0/s1. The number of anilines is 1. The van der Waals surface area contributed by atoms with E-state index < -0.39 is 16.0 Å². The zero-order valence-corrected chi connectivity index (χ0v) is 19.6. The second-order valence-electron chi connectivity index (χ2n) is 4.88. The van der Waals surface area contributed by atoms with Crippen LogP contribution >= 0.6 is 78.9 Å². The molecule has 0 saturated heterocycles. The van der Waals surface area contributed by atoms with Crippen LogP contribution in [-0.2, 0) is 0 Å². The van der Waals surface area contributed by atoms with Gasteiger partial charge in [0.2, 0.25) is 3.79 Å². The lowest BCUT2D eigenvalue weighted by atomic mass is 10.3. The maximum Gasteiger partial charge on any atom is 0.318 e. The number of nitrogens with one attached hydrogen (secondary N) is 3. The van der Waals surface area contributed by atoms with Crippen LogP contribution in [-0.4, -0.2) is 47.2 Å². The molecule has 0 aliphatic carbocycles. The maximum absolute atomic E-state index is 11.8. The smallest absolute Gasteiger partial charge is 0.318 e. The summed E-state index contributed by atoms with van der Waals surface area (Å²) in [4.78, 5) is 13.1. The lowest BCUT2D eigenvalue weighted by molar-refractivity contribution is 0.212. The first-order valence-electron chi connectivity index (χ1n) is 6.60. The molecule has 0 aromatic heterocycles. The predicted octanol–water partition coefficient (Wildman–Crippen LogP) is 4.47. The van der Waals surface area contributed by atoms with Crippen LogP contribution in [0, 0.1) is 0 Å². The number of nitrogens with zero attached hydrogens (tertiary/aromatic N) is 1. The molecule has 1 atom stereocenters. The van der Waals surface area contributed by atoms with Gasteiger partial charge in [-0.25, -0.2) is 4.79 Å². The molecule has 1 aromatic carbocycles. The Bertz CT molecular complexity index is 636. The van der Waals surface area contributed by atoms with Gasteiger partial charge in [0, 0.05) is 23.0 Å². The number of thiocarbonyl (C=S) groups is 1. The number of urea groups is 1. The van der Waals surface area contributed by atoms with Gasteiger partial charge in [0.05, 0.1) is 12.8 Å². The van der Waals surface area contributed by atoms with Gasteiger partial charge in [0.25, 0.3) is 0 Å². The Kier molecular flexibility index (Phi) is 8.83. The van der Waals surface area contributed by atoms with Gasteiger partial charge < -0.3 is 25.6 Å². The van der Waals surface area contributed by atoms with Crippen molar-refractivity contribution in [1.82, 2.24) is 15.5 Å². The molecule has 0 fully saturated rings. The van der Waals surface area contributed by atoms with Gasteiger partial charge in [0.15, 0.2) is 11.3 Å². The molecular weight excluding hydrogens is 542 g/mol. The highest BCUT2D eigenvalue weighted by Gasteiger charge is 2.35. The minimum absolute atomic E-state index is 0.141. The van der Waals surface area contributed by atoms with Crippen molar-refractivity contribution in [2.75, 3.05) is 26.5 Å². The first-order valence-corrected chi connectivity index (χ1v) is 9.73. The second-order valence-corrected chi connectivity index (χ2v) is 9.37. The highest BCUT2D eigenvalue weighted by Crippen LogP contribution is 2.35. The number of methoxy groups -OCH3 is 1. The first kappa shape index (κ1) is 22.9. The van der Waals surface area contributed by atoms with E-state index in [-0.39, 0.29) is 5.11 Å². The van der Waals surface area contributed by atoms with Gasteiger partial charge in [-0.15, -0.1) is 0 Å². The van der Waals surface area contributed by atoms with Gasteiger partial charge in [-0.1, -0.05) is 34.8 Å². The van der Waals surface area contributed by atoms with Crippen LogP contribution in [0.4, 0.5) is 10.5 Å². The lowest BCUT2D eigenvalue weighted by Crippen LogP contribution is -2.57. The van der Waals surface area contributed by atoms with E-state index in [9.17, 15) is 4.79 Å². The zero-order chi connectivity index (χ0) is 19.4. The van der Waals surface area contributed by atoms with Gasteiger partial charge in [-0.3, -0.25) is 0 Å². The summed E-state index contributed by atoms with van der Waals surface area (Å²) in [6, 6.07) is 3.07. The molecule has 25 heavy (non-hydrogen) atoms. The average Bonchev–Trinajstić information content (AvgIpc) is 2.48. The quantitative estimate of drug-likeness (QED) is 0.290. The molecule has 0 unspecified atom stereocenters. The summed E-state index contributed by atoms with van der Waals surface area (Å²) in [6.07, 6.45) is -1.05. The fourth-order valence-corrected chi connectivity index (χ4v) is 3.41. The highest BCUT2D eigenvalue weighted by atomic mass is 79.9. The summed E-state index contributed by atoms with van der Waals surface area (Å²) in [5, 5.41) is 8.40. The Balaban J connectivity index is 2.90. The van der Waals surface area contributed by atoms with Crippen LogP contribution in [0.25, 0.3) is 0 Å². The number of benzene rings is 1. The van der Waals surface area contributed by atoms with Crippen LogP contribution in [0.3, 0.4) is 0 Å². The number of ether oxygens (including phenoxy) is 1. The van der Waals surface area contributed by atoms with E-state index in [0.29, 0.717) is 20.4 Å². The van der Waals surface area contributed by atoms with Gasteiger partial charge >= 0.3 is 6.03 Å². The molecule has 12 heteroatoms. The van der Waals surface area contributed by atoms with E-state index in [1.165, 1.54) is 4.90 Å². The van der Waals surface area contributed by atoms with Crippen molar-refractivity contribution >= 4 is 95.7 Å². The summed E-state index contributed by atoms with van der Waals surface area (Å²) in [5.74, 6) is 0.653. The van der Waals surface area contributed by atoms with Crippen molar-refractivity contribution < 1.29 is 9.53 Å². The van der Waals surface area contributed by atoms with Gasteiger partial charge in [0.1, 0.15) is 5.75 Å². The van der Waals surface area contributed by atoms with E-state index >= 15 is 0 Å². The van der Waals surface area contributed by atoms with E-state index in [0.717, 1.165) is 0 Å². The van der Waals surface area contributed by atoms with Crippen LogP contribution in [0.2, 0.25) is 0 Å². The number of alkyl halides is 3. The van der Waals surface area contributed by atoms with Gasteiger partial charge in [-0.2, -0.15) is 0 Å². The highest BCUT2D eigenvalue weighted by molar-refractivity contribution is 9.11. The minimum Gasteiger partial charge on any atom is -0.497 e. The largest absolute Gasteiger partial charge is 0.497 e. The first-order chi connectivity index (χ1) is 11.5. The van der Waals surface area contributed by atoms with Crippen molar-refractivity contribution in [3.63, 3.8) is 0 Å². The average molecular weight is 558 g/mol. The third-order valence-corrected chi connectivity index (χ3v) is 4.89. The molecule has 1 aromatic rings. The van der Waals surface area contributed by atoms with Crippen molar-refractivity contribution in [3.8, 4) is 5.75 Å². The molecule has 2 amide bonds. The number of hydrogen-bond acceptors (Lipinski definition) is 3. The van der Waals surface area contributed by atoms with Crippen LogP contribution in [0.15, 0.2) is 21.1 Å². The Morgan fingerprint density at radius 1 is 1.24 bits per heavy atom. The monoisotopic (exact) mass is 554 g/mol. The number of amides is 2. The Labute approximate surface area is 183 Å². The van der Waals surface area contributed by atoms with Crippen LogP contribution in [0.1, 0.15) is 0 Å². The topological polar surface area (TPSA) is 65.6 Å². The van der Waals surface area contributed by atoms with Crippen LogP contribution < -0.4 is 20.7 Å². The van der Waals surface area contributed by atoms with Crippen molar-refractivity contribution in [2.24, 2.45) is 0 Å². The third-order valence-electron chi connectivity index (χ3n) is 2.77. The lowest BCUT2D eigenvalue weighted by Gasteiger charge is -2.29. The minimum atomic E-state index is -1.83. The molecule has 3 N–H and O–H groups in total. The predicted molar refractivity (Wildman–Crippen MR) is 114 cm³/mol. The van der Waals surface area contributed by atoms with E-state index in [1.54, 1.807) is 33.3 Å². The Morgan fingerprint density at radius 2 is 1.76 bits per heavy atom. The van der Waals surface area contributed by atoms with Crippen molar-refractivity contribution in [3.05, 3.63) is 21.1 Å². The van der Waals surface area contributed by atoms with E-state index in [1.807, 2.05) is 0 Å². The second kappa shape index (κ2) is 9.66. The zero-order valence-electron chi connectivity index (χ0n) is 13.3. The molecule has 0 spiro atoms. The summed E-state index contributed by atoms with van der Waals surface area (Å²) in [6.45, 7) is 0. The molecule has 1 rings (SSSR count). The summed E-state index contributed by atoms with van der Waals surface area (Å²) >= 11 is 29.8. The van der Waals surface area contributed by atoms with E-state index in [2.05, 4.69) is 47.8 Å². The van der Waals surface area contributed by atoms with Crippen molar-refractivity contribution in [2.45, 2.75) is 9.96 Å². The third kappa shape index (κ3) is 7.15. The number of hydrogen-bond donors (Lipinski definition) is 3. The van der Waals surface area contributed by atoms with Gasteiger partial charge in [-0.05, 0) is 56.2 Å². The molecule has 0 bridgehead atoms. The molecule has 0 aliphatic rings. The number of carbonyl (C=O) groups is 1. The molecule has 0 aliphatic heterocycles. The maximum atomic E-state index is 11.8. The Morgan fingerprint density at radius 3 is 2.16 bits per heavy atom. The Hall–Kier alpha value is -0.190. The molecule has 0 radical (unpaired) electrons. The number of carbonyl (C=O) groups excluding carboxylic acids is 1. The summed E-state index contributed by atoms with van der Waals surface area (Å²) in [5.41, 5.74) is 0.639. The summed E-state index contributed by atoms with van der Waals surface area (Å²) in [7, 11) is 4.69. The van der Waals surface area contributed by atoms with Crippen molar-refractivity contribution in [1.29, 1.82) is 0 Å². The molecule has 0 heterocycles.